The average molecular weight is 689 g/mol. The van der Waals surface area contributed by atoms with Crippen LogP contribution in [-0.4, -0.2) is 19.1 Å². The molecule has 0 saturated heterocycles. The van der Waals surface area contributed by atoms with Gasteiger partial charge in [-0.15, -0.1) is 0 Å². The van der Waals surface area contributed by atoms with Gasteiger partial charge in [0, 0.05) is 45.0 Å². The summed E-state index contributed by atoms with van der Waals surface area (Å²) in [4.78, 5) is 9.65. The van der Waals surface area contributed by atoms with Crippen molar-refractivity contribution in [1.29, 1.82) is 0 Å². The molecule has 0 N–H and O–H groups in total. The Balaban J connectivity index is 1.12. The highest BCUT2D eigenvalue weighted by Crippen LogP contribution is 2.40. The third-order valence-corrected chi connectivity index (χ3v) is 10.8. The van der Waals surface area contributed by atoms with Crippen molar-refractivity contribution in [3.05, 3.63) is 194 Å². The molecular formula is C50H32N4. The number of pyridine rings is 2. The molecule has 0 aliphatic carbocycles. The van der Waals surface area contributed by atoms with Gasteiger partial charge in [-0.1, -0.05) is 115 Å². The van der Waals surface area contributed by atoms with E-state index in [4.69, 9.17) is 9.97 Å². The summed E-state index contributed by atoms with van der Waals surface area (Å²) in [5, 5.41) is 5.89. The zero-order valence-electron chi connectivity index (χ0n) is 29.3. The fourth-order valence-electron chi connectivity index (χ4n) is 8.30. The number of hydrogen-bond donors (Lipinski definition) is 0. The minimum atomic E-state index is 0.883. The minimum absolute atomic E-state index is 0.883. The third-order valence-electron chi connectivity index (χ3n) is 10.8. The van der Waals surface area contributed by atoms with Crippen molar-refractivity contribution < 1.29 is 0 Å². The molecule has 0 radical (unpaired) electrons. The second kappa shape index (κ2) is 12.1. The Morgan fingerprint density at radius 1 is 0.333 bits per heavy atom. The van der Waals surface area contributed by atoms with Gasteiger partial charge in [-0.25, -0.2) is 4.98 Å². The highest BCUT2D eigenvalue weighted by molar-refractivity contribution is 6.20. The Morgan fingerprint density at radius 3 is 1.65 bits per heavy atom. The molecule has 4 aromatic heterocycles. The van der Waals surface area contributed by atoms with Crippen molar-refractivity contribution in [2.75, 3.05) is 0 Å². The summed E-state index contributed by atoms with van der Waals surface area (Å²) in [6.45, 7) is 0. The van der Waals surface area contributed by atoms with Crippen LogP contribution < -0.4 is 0 Å². The lowest BCUT2D eigenvalue weighted by Crippen LogP contribution is -1.97. The lowest BCUT2D eigenvalue weighted by Gasteiger charge is -2.12. The molecule has 4 heterocycles. The van der Waals surface area contributed by atoms with E-state index in [1.165, 1.54) is 44.1 Å². The second-order valence-electron chi connectivity index (χ2n) is 13.9. The number of rotatable bonds is 5. The van der Waals surface area contributed by atoms with E-state index in [-0.39, 0.29) is 0 Å². The maximum absolute atomic E-state index is 4.85. The van der Waals surface area contributed by atoms with Crippen molar-refractivity contribution >= 4 is 54.5 Å². The smallest absolute Gasteiger partial charge is 0.137 e. The first-order chi connectivity index (χ1) is 26.8. The quantitative estimate of drug-likeness (QED) is 0.180. The summed E-state index contributed by atoms with van der Waals surface area (Å²) in [7, 11) is 0. The van der Waals surface area contributed by atoms with E-state index in [2.05, 4.69) is 173 Å². The molecule has 4 heteroatoms. The Bertz CT molecular complexity index is 3100. The number of nitrogens with zero attached hydrogens (tertiary/aromatic N) is 4. The average Bonchev–Trinajstić information content (AvgIpc) is 3.76. The van der Waals surface area contributed by atoms with Crippen LogP contribution in [0.1, 0.15) is 0 Å². The van der Waals surface area contributed by atoms with Crippen LogP contribution in [0.5, 0.6) is 0 Å². The van der Waals surface area contributed by atoms with E-state index in [0.717, 1.165) is 55.3 Å². The molecule has 0 unspecified atom stereocenters. The van der Waals surface area contributed by atoms with Crippen LogP contribution in [0.15, 0.2) is 194 Å². The molecule has 252 valence electrons. The summed E-state index contributed by atoms with van der Waals surface area (Å²) in [6.07, 6.45) is 3.74. The molecule has 0 atom stereocenters. The highest BCUT2D eigenvalue weighted by atomic mass is 15.1. The zero-order valence-corrected chi connectivity index (χ0v) is 29.3. The van der Waals surface area contributed by atoms with E-state index in [1.807, 2.05) is 30.6 Å². The standard InChI is InChI=1S/C50H32N4/c1-3-11-33(12-4-1)37-21-24-44-42(30-37)43-31-38(34-13-5-2-6-14-34)22-25-45(43)53(44)40-17-9-15-36(29-40)39-19-23-41-47(32-39)54(48-18-7-8-27-51-48)46-26-20-35-16-10-28-52-50(35)49(41)46/h1-32H. The minimum Gasteiger partial charge on any atom is -0.309 e. The van der Waals surface area contributed by atoms with Crippen molar-refractivity contribution in [2.24, 2.45) is 0 Å². The van der Waals surface area contributed by atoms with Crippen LogP contribution in [0.25, 0.3) is 99.4 Å². The van der Waals surface area contributed by atoms with Gasteiger partial charge in [0.15, 0.2) is 0 Å². The van der Waals surface area contributed by atoms with Gasteiger partial charge in [0.25, 0.3) is 0 Å². The van der Waals surface area contributed by atoms with Gasteiger partial charge in [-0.3, -0.25) is 9.55 Å². The van der Waals surface area contributed by atoms with E-state index in [9.17, 15) is 0 Å². The summed E-state index contributed by atoms with van der Waals surface area (Å²) in [5.74, 6) is 0.883. The number of hydrogen-bond acceptors (Lipinski definition) is 2. The van der Waals surface area contributed by atoms with Gasteiger partial charge < -0.3 is 4.57 Å². The molecule has 0 aliphatic heterocycles. The van der Waals surface area contributed by atoms with E-state index < -0.39 is 0 Å². The van der Waals surface area contributed by atoms with Crippen LogP contribution in [0.3, 0.4) is 0 Å². The molecule has 0 fully saturated rings. The molecular weight excluding hydrogens is 657 g/mol. The SMILES string of the molecule is c1ccc(-c2ccc3c(c2)c2cc(-c4ccccc4)ccc2n3-c2cccc(-c3ccc4c5c6ncccc6ccc5n(-c5ccccn5)c4c3)c2)cc1. The van der Waals surface area contributed by atoms with Crippen LogP contribution in [0.4, 0.5) is 0 Å². The van der Waals surface area contributed by atoms with Crippen molar-refractivity contribution in [2.45, 2.75) is 0 Å². The zero-order chi connectivity index (χ0) is 35.6. The van der Waals surface area contributed by atoms with Crippen molar-refractivity contribution in [3.63, 3.8) is 0 Å². The maximum atomic E-state index is 4.85. The van der Waals surface area contributed by atoms with Crippen LogP contribution in [0, 0.1) is 0 Å². The lowest BCUT2D eigenvalue weighted by atomic mass is 10.0. The first-order valence-corrected chi connectivity index (χ1v) is 18.3. The molecule has 0 saturated carbocycles. The third kappa shape index (κ3) is 4.78. The summed E-state index contributed by atoms with van der Waals surface area (Å²) in [5.41, 5.74) is 13.8. The van der Waals surface area contributed by atoms with Gasteiger partial charge in [-0.05, 0) is 100 Å². The molecule has 0 bridgehead atoms. The van der Waals surface area contributed by atoms with Gasteiger partial charge in [-0.2, -0.15) is 0 Å². The van der Waals surface area contributed by atoms with Gasteiger partial charge in [0.05, 0.1) is 27.6 Å². The fourth-order valence-corrected chi connectivity index (χ4v) is 8.30. The summed E-state index contributed by atoms with van der Waals surface area (Å²) in [6, 6.07) is 65.4. The molecule has 0 amide bonds. The van der Waals surface area contributed by atoms with Crippen LogP contribution in [0.2, 0.25) is 0 Å². The monoisotopic (exact) mass is 688 g/mol. The Kier molecular flexibility index (Phi) is 6.82. The number of aromatic nitrogens is 4. The van der Waals surface area contributed by atoms with Gasteiger partial charge in [0.1, 0.15) is 5.82 Å². The molecule has 0 aliphatic rings. The van der Waals surface area contributed by atoms with E-state index in [1.54, 1.807) is 0 Å². The Hall–Kier alpha value is -7.30. The topological polar surface area (TPSA) is 35.6 Å². The first kappa shape index (κ1) is 30.3. The summed E-state index contributed by atoms with van der Waals surface area (Å²) < 4.78 is 4.69. The molecule has 54 heavy (non-hydrogen) atoms. The number of benzene rings is 7. The summed E-state index contributed by atoms with van der Waals surface area (Å²) >= 11 is 0. The molecule has 4 nitrogen and oxygen atoms in total. The fraction of sp³-hybridized carbons (Fsp3) is 0. The number of fused-ring (bicyclic) bond motifs is 8. The van der Waals surface area contributed by atoms with Crippen LogP contribution >= 0.6 is 0 Å². The predicted molar refractivity (Wildman–Crippen MR) is 225 cm³/mol. The molecule has 11 aromatic rings. The van der Waals surface area contributed by atoms with Gasteiger partial charge >= 0.3 is 0 Å². The van der Waals surface area contributed by atoms with Crippen LogP contribution in [-0.2, 0) is 0 Å². The van der Waals surface area contributed by atoms with E-state index in [0.29, 0.717) is 0 Å². The predicted octanol–water partition coefficient (Wildman–Crippen LogP) is 12.8. The Morgan fingerprint density at radius 2 is 0.944 bits per heavy atom. The normalized spacial score (nSPS) is 11.7. The highest BCUT2D eigenvalue weighted by Gasteiger charge is 2.19. The lowest BCUT2D eigenvalue weighted by molar-refractivity contribution is 1.08. The van der Waals surface area contributed by atoms with Gasteiger partial charge in [0.2, 0.25) is 0 Å². The van der Waals surface area contributed by atoms with E-state index >= 15 is 0 Å². The maximum Gasteiger partial charge on any atom is 0.137 e. The second-order valence-corrected chi connectivity index (χ2v) is 13.9. The van der Waals surface area contributed by atoms with Crippen molar-refractivity contribution in [1.82, 2.24) is 19.1 Å². The first-order valence-electron chi connectivity index (χ1n) is 18.3. The molecule has 0 spiro atoms. The van der Waals surface area contributed by atoms with Crippen molar-refractivity contribution in [3.8, 4) is 44.9 Å². The largest absolute Gasteiger partial charge is 0.309 e. The Labute approximate surface area is 311 Å². The molecule has 7 aromatic carbocycles. The molecule has 11 rings (SSSR count).